The van der Waals surface area contributed by atoms with Crippen molar-refractivity contribution in [2.75, 3.05) is 31.5 Å². The number of aliphatic hydroxyl groups excluding tert-OH is 1. The number of aromatic nitrogens is 3. The number of hydrogen-bond acceptors (Lipinski definition) is 7. The predicted molar refractivity (Wildman–Crippen MR) is 125 cm³/mol. The lowest BCUT2D eigenvalue weighted by molar-refractivity contribution is -0.113. The van der Waals surface area contributed by atoms with Crippen LogP contribution in [0.3, 0.4) is 0 Å². The van der Waals surface area contributed by atoms with Crippen LogP contribution in [0.4, 0.5) is 11.6 Å². The van der Waals surface area contributed by atoms with E-state index in [-0.39, 0.29) is 12.5 Å². The van der Waals surface area contributed by atoms with Crippen LogP contribution in [0.15, 0.2) is 59.8 Å². The van der Waals surface area contributed by atoms with E-state index >= 15 is 0 Å². The summed E-state index contributed by atoms with van der Waals surface area (Å²) < 4.78 is 12.6. The quantitative estimate of drug-likeness (QED) is 0.484. The molecule has 2 heterocycles. The number of carbonyl (C=O) groups excluding carboxylic acids is 1. The predicted octanol–water partition coefficient (Wildman–Crippen LogP) is 3.15. The number of aryl methyl sites for hydroxylation is 1. The third kappa shape index (κ3) is 4.54. The lowest BCUT2D eigenvalue weighted by Gasteiger charge is -2.29. The minimum absolute atomic E-state index is 0.0540. The second kappa shape index (κ2) is 9.74. The number of nitrogens with one attached hydrogen (secondary N) is 2. The molecule has 0 saturated carbocycles. The highest BCUT2D eigenvalue weighted by molar-refractivity contribution is 6.06. The van der Waals surface area contributed by atoms with E-state index in [0.29, 0.717) is 53.1 Å². The molecule has 0 saturated heterocycles. The molecule has 1 atom stereocenters. The summed E-state index contributed by atoms with van der Waals surface area (Å²) >= 11 is 0. The molecule has 1 amide bonds. The molecule has 1 aromatic heterocycles. The fourth-order valence-electron chi connectivity index (χ4n) is 3.88. The van der Waals surface area contributed by atoms with E-state index < -0.39 is 6.04 Å². The molecule has 1 aliphatic rings. The van der Waals surface area contributed by atoms with Gasteiger partial charge >= 0.3 is 0 Å². The van der Waals surface area contributed by atoms with Gasteiger partial charge in [-0.15, -0.1) is 0 Å². The molecule has 3 N–H and O–H groups in total. The van der Waals surface area contributed by atoms with E-state index in [4.69, 9.17) is 9.47 Å². The SMILES string of the molecule is COc1ccc([C@@H]2C(C(=O)Nc3ccccc3)=C(C)Nc3nc(CCCO)nn32)cc1OC. The molecular formula is C24H27N5O4. The fraction of sp³-hybridized carbons (Fsp3) is 0.292. The van der Waals surface area contributed by atoms with Gasteiger partial charge in [0.2, 0.25) is 5.95 Å². The maximum atomic E-state index is 13.5. The van der Waals surface area contributed by atoms with Gasteiger partial charge in [-0.1, -0.05) is 24.3 Å². The van der Waals surface area contributed by atoms with E-state index in [1.54, 1.807) is 18.9 Å². The number of ether oxygens (including phenoxy) is 2. The van der Waals surface area contributed by atoms with Gasteiger partial charge in [-0.05, 0) is 43.2 Å². The fourth-order valence-corrected chi connectivity index (χ4v) is 3.88. The average Bonchev–Trinajstić information content (AvgIpc) is 3.24. The summed E-state index contributed by atoms with van der Waals surface area (Å²) in [5.41, 5.74) is 2.68. The van der Waals surface area contributed by atoms with Gasteiger partial charge in [0, 0.05) is 24.4 Å². The van der Waals surface area contributed by atoms with Crippen molar-refractivity contribution in [1.82, 2.24) is 14.8 Å². The minimum atomic E-state index is -0.542. The maximum Gasteiger partial charge on any atom is 0.255 e. The van der Waals surface area contributed by atoms with Crippen molar-refractivity contribution in [2.45, 2.75) is 25.8 Å². The van der Waals surface area contributed by atoms with Gasteiger partial charge in [-0.3, -0.25) is 4.79 Å². The smallest absolute Gasteiger partial charge is 0.255 e. The molecule has 9 nitrogen and oxygen atoms in total. The van der Waals surface area contributed by atoms with Gasteiger partial charge in [0.1, 0.15) is 6.04 Å². The molecule has 0 bridgehead atoms. The summed E-state index contributed by atoms with van der Waals surface area (Å²) in [5.74, 6) is 2.03. The lowest BCUT2D eigenvalue weighted by Crippen LogP contribution is -2.31. The number of methoxy groups -OCH3 is 2. The van der Waals surface area contributed by atoms with Gasteiger partial charge in [-0.25, -0.2) is 4.68 Å². The summed E-state index contributed by atoms with van der Waals surface area (Å²) in [5, 5.41) is 20.1. The molecule has 4 rings (SSSR count). The van der Waals surface area contributed by atoms with Crippen molar-refractivity contribution in [3.63, 3.8) is 0 Å². The second-order valence-corrected chi connectivity index (χ2v) is 7.62. The summed E-state index contributed by atoms with van der Waals surface area (Å²) in [6, 6.07) is 14.3. The molecule has 1 aliphatic heterocycles. The van der Waals surface area contributed by atoms with Crippen molar-refractivity contribution >= 4 is 17.5 Å². The van der Waals surface area contributed by atoms with E-state index in [1.165, 1.54) is 0 Å². The van der Waals surface area contributed by atoms with Crippen molar-refractivity contribution in [2.24, 2.45) is 0 Å². The first-order valence-corrected chi connectivity index (χ1v) is 10.7. The standard InChI is InChI=1S/C24H27N5O4/c1-15-21(23(31)26-17-8-5-4-6-9-17)22(16-11-12-18(32-2)19(14-16)33-3)29-24(25-15)27-20(28-29)10-7-13-30/h4-6,8-9,11-12,14,22,30H,7,10,13H2,1-3H3,(H,26,31)(H,25,27,28)/t22-/m1/s1. The monoisotopic (exact) mass is 449 g/mol. The first-order valence-electron chi connectivity index (χ1n) is 10.7. The van der Waals surface area contributed by atoms with Crippen LogP contribution in [0, 0.1) is 0 Å². The van der Waals surface area contributed by atoms with Crippen LogP contribution in [-0.2, 0) is 11.2 Å². The third-order valence-electron chi connectivity index (χ3n) is 5.45. The van der Waals surface area contributed by atoms with Crippen LogP contribution >= 0.6 is 0 Å². The normalized spacial score (nSPS) is 15.0. The van der Waals surface area contributed by atoms with Crippen molar-refractivity contribution in [3.8, 4) is 11.5 Å². The molecule has 0 aliphatic carbocycles. The lowest BCUT2D eigenvalue weighted by atomic mass is 9.94. The Morgan fingerprint density at radius 3 is 2.61 bits per heavy atom. The largest absolute Gasteiger partial charge is 0.493 e. The number of anilines is 2. The maximum absolute atomic E-state index is 13.5. The van der Waals surface area contributed by atoms with Gasteiger partial charge in [0.05, 0.1) is 19.8 Å². The van der Waals surface area contributed by atoms with Crippen LogP contribution in [0.25, 0.3) is 0 Å². The van der Waals surface area contributed by atoms with Crippen LogP contribution < -0.4 is 20.1 Å². The highest BCUT2D eigenvalue weighted by atomic mass is 16.5. The number of aliphatic hydroxyl groups is 1. The zero-order valence-electron chi connectivity index (χ0n) is 18.8. The molecule has 0 unspecified atom stereocenters. The zero-order valence-corrected chi connectivity index (χ0v) is 18.8. The van der Waals surface area contributed by atoms with Crippen molar-refractivity contribution in [3.05, 3.63) is 71.2 Å². The third-order valence-corrected chi connectivity index (χ3v) is 5.45. The minimum Gasteiger partial charge on any atom is -0.493 e. The Labute approximate surface area is 192 Å². The molecule has 3 aromatic rings. The molecular weight excluding hydrogens is 422 g/mol. The molecule has 172 valence electrons. The Morgan fingerprint density at radius 2 is 1.91 bits per heavy atom. The van der Waals surface area contributed by atoms with Crippen molar-refractivity contribution < 1.29 is 19.4 Å². The number of para-hydroxylation sites is 1. The Hall–Kier alpha value is -3.85. The van der Waals surface area contributed by atoms with E-state index in [1.807, 2.05) is 55.5 Å². The first kappa shape index (κ1) is 22.3. The molecule has 0 fully saturated rings. The summed E-state index contributed by atoms with van der Waals surface area (Å²) in [7, 11) is 3.15. The topological polar surface area (TPSA) is 111 Å². The van der Waals surface area contributed by atoms with E-state index in [9.17, 15) is 9.90 Å². The molecule has 33 heavy (non-hydrogen) atoms. The average molecular weight is 450 g/mol. The highest BCUT2D eigenvalue weighted by Gasteiger charge is 2.34. The Kier molecular flexibility index (Phi) is 6.60. The van der Waals surface area contributed by atoms with E-state index in [0.717, 1.165) is 5.56 Å². The van der Waals surface area contributed by atoms with E-state index in [2.05, 4.69) is 20.7 Å². The Balaban J connectivity index is 1.80. The summed E-state index contributed by atoms with van der Waals surface area (Å²) in [6.45, 7) is 1.90. The zero-order chi connectivity index (χ0) is 23.4. The van der Waals surface area contributed by atoms with Crippen LogP contribution in [-0.4, -0.2) is 46.6 Å². The van der Waals surface area contributed by atoms with Crippen molar-refractivity contribution in [1.29, 1.82) is 0 Å². The number of benzene rings is 2. The number of nitrogens with zero attached hydrogens (tertiary/aromatic N) is 3. The van der Waals surface area contributed by atoms with Gasteiger partial charge in [-0.2, -0.15) is 10.1 Å². The molecule has 0 spiro atoms. The molecule has 0 radical (unpaired) electrons. The Morgan fingerprint density at radius 1 is 1.15 bits per heavy atom. The van der Waals surface area contributed by atoms with Gasteiger partial charge in [0.25, 0.3) is 5.91 Å². The van der Waals surface area contributed by atoms with Crippen LogP contribution in [0.1, 0.15) is 30.8 Å². The molecule has 2 aromatic carbocycles. The number of rotatable bonds is 8. The van der Waals surface area contributed by atoms with Crippen LogP contribution in [0.2, 0.25) is 0 Å². The summed E-state index contributed by atoms with van der Waals surface area (Å²) in [6.07, 6.45) is 1.08. The van der Waals surface area contributed by atoms with Crippen LogP contribution in [0.5, 0.6) is 11.5 Å². The summed E-state index contributed by atoms with van der Waals surface area (Å²) in [4.78, 5) is 18.0. The number of allylic oxidation sites excluding steroid dienone is 1. The number of hydrogen-bond donors (Lipinski definition) is 3. The number of amides is 1. The molecule has 9 heteroatoms. The number of fused-ring (bicyclic) bond motifs is 1. The van der Waals surface area contributed by atoms with Gasteiger partial charge in [0.15, 0.2) is 17.3 Å². The van der Waals surface area contributed by atoms with Gasteiger partial charge < -0.3 is 25.2 Å². The highest BCUT2D eigenvalue weighted by Crippen LogP contribution is 2.39. The number of carbonyl (C=O) groups is 1. The second-order valence-electron chi connectivity index (χ2n) is 7.62. The Bertz CT molecular complexity index is 1170. The first-order chi connectivity index (χ1) is 16.0.